The Morgan fingerprint density at radius 3 is 2.27 bits per heavy atom. The van der Waals surface area contributed by atoms with Crippen molar-refractivity contribution in [1.82, 2.24) is 14.0 Å². The molecule has 0 radical (unpaired) electrons. The fraction of sp³-hybridized carbons (Fsp3) is 0.0500. The second-order valence-corrected chi connectivity index (χ2v) is 10.7. The molecule has 0 spiro atoms. The van der Waals surface area contributed by atoms with Crippen LogP contribution < -0.4 is 20.7 Å². The Morgan fingerprint density at radius 1 is 0.879 bits per heavy atom. The summed E-state index contributed by atoms with van der Waals surface area (Å²) in [6.45, 7) is 1.65. The molecule has 11 nitrogen and oxygen atoms in total. The van der Waals surface area contributed by atoms with Gasteiger partial charge in [-0.2, -0.15) is 0 Å². The minimum absolute atomic E-state index is 0.237. The van der Waals surface area contributed by atoms with E-state index in [9.17, 15) is 31.2 Å². The summed E-state index contributed by atoms with van der Waals surface area (Å²) in [7, 11) is -9.25. The zero-order valence-corrected chi connectivity index (χ0v) is 18.5. The highest BCUT2D eigenvalue weighted by molar-refractivity contribution is 8.04. The Labute approximate surface area is 188 Å². The van der Waals surface area contributed by atoms with Gasteiger partial charge < -0.3 is 5.73 Å². The van der Waals surface area contributed by atoms with Crippen molar-refractivity contribution in [1.29, 1.82) is 0 Å². The van der Waals surface area contributed by atoms with Crippen LogP contribution in [0.5, 0.6) is 0 Å². The number of anilines is 1. The van der Waals surface area contributed by atoms with Crippen LogP contribution in [0.1, 0.15) is 26.3 Å². The molecule has 0 unspecified atom stereocenters. The number of hydrogen-bond acceptors (Lipinski definition) is 8. The van der Waals surface area contributed by atoms with Crippen molar-refractivity contribution < 1.29 is 26.4 Å². The minimum Gasteiger partial charge on any atom is -0.384 e. The van der Waals surface area contributed by atoms with Crippen LogP contribution in [0.15, 0.2) is 69.2 Å². The highest BCUT2D eigenvalue weighted by atomic mass is 32.3. The second kappa shape index (κ2) is 7.65. The molecule has 4 rings (SSSR count). The molecule has 1 aromatic heterocycles. The molecule has 0 atom stereocenters. The quantitative estimate of drug-likeness (QED) is 0.429. The Morgan fingerprint density at radius 2 is 1.58 bits per heavy atom. The number of fused-ring (bicyclic) bond motifs is 1. The number of carbonyl (C=O) groups excluding carboxylic acids is 2. The number of benzene rings is 2. The van der Waals surface area contributed by atoms with E-state index in [0.29, 0.717) is 5.56 Å². The van der Waals surface area contributed by atoms with Crippen LogP contribution in [-0.2, 0) is 20.0 Å². The van der Waals surface area contributed by atoms with Gasteiger partial charge in [-0.3, -0.25) is 24.3 Å². The minimum atomic E-state index is -4.75. The first-order valence-corrected chi connectivity index (χ1v) is 12.2. The third-order valence-electron chi connectivity index (χ3n) is 4.87. The fourth-order valence-electron chi connectivity index (χ4n) is 3.42. The Balaban J connectivity index is 1.88. The molecular weight excluding hydrogens is 472 g/mol. The molecule has 13 heteroatoms. The summed E-state index contributed by atoms with van der Waals surface area (Å²) in [5.74, 6) is -2.12. The van der Waals surface area contributed by atoms with Gasteiger partial charge in [0.2, 0.25) is 0 Å². The molecule has 1 aliphatic rings. The summed E-state index contributed by atoms with van der Waals surface area (Å²) in [4.78, 5) is 35.8. The predicted molar refractivity (Wildman–Crippen MR) is 117 cm³/mol. The van der Waals surface area contributed by atoms with Crippen molar-refractivity contribution in [3.8, 4) is 5.69 Å². The third kappa shape index (κ3) is 3.82. The van der Waals surface area contributed by atoms with Gasteiger partial charge in [0.05, 0.1) is 21.7 Å². The smallest absolute Gasteiger partial charge is 0.262 e. The lowest BCUT2D eigenvalue weighted by atomic mass is 10.1. The standard InChI is InChI=1S/C20H16N4O7S2/c1-11-5-4-6-12(9-11)32(28,29)23-33(30,31)15-8-3-2-7-14(15)24-16(25)10-13-17(18(24)21)20(27)22-19(13)26/h2-10,23H,21H2,1H3,(H,22,26,27). The molecule has 4 N–H and O–H groups in total. The molecule has 0 fully saturated rings. The molecule has 170 valence electrons. The highest BCUT2D eigenvalue weighted by Gasteiger charge is 2.33. The first kappa shape index (κ1) is 22.4. The van der Waals surface area contributed by atoms with Crippen molar-refractivity contribution in [2.45, 2.75) is 16.7 Å². The van der Waals surface area contributed by atoms with E-state index >= 15 is 0 Å². The van der Waals surface area contributed by atoms with E-state index in [2.05, 4.69) is 0 Å². The van der Waals surface area contributed by atoms with Gasteiger partial charge in [-0.1, -0.05) is 24.3 Å². The lowest BCUT2D eigenvalue weighted by Crippen LogP contribution is -2.32. The topological polar surface area (TPSA) is 174 Å². The normalized spacial score (nSPS) is 13.6. The van der Waals surface area contributed by atoms with Crippen LogP contribution in [0, 0.1) is 6.92 Å². The van der Waals surface area contributed by atoms with E-state index in [0.717, 1.165) is 16.7 Å². The van der Waals surface area contributed by atoms with Gasteiger partial charge in [-0.25, -0.2) is 16.8 Å². The number of nitrogens with two attached hydrogens (primary N) is 1. The Kier molecular flexibility index (Phi) is 5.19. The van der Waals surface area contributed by atoms with E-state index in [1.807, 2.05) is 5.32 Å². The van der Waals surface area contributed by atoms with Crippen molar-refractivity contribution >= 4 is 37.7 Å². The van der Waals surface area contributed by atoms with Crippen LogP contribution in [-0.4, -0.2) is 33.2 Å². The van der Waals surface area contributed by atoms with Crippen LogP contribution in [0.4, 0.5) is 5.82 Å². The second-order valence-electron chi connectivity index (χ2n) is 7.15. The molecule has 33 heavy (non-hydrogen) atoms. The maximum Gasteiger partial charge on any atom is 0.262 e. The number of sulfonamides is 2. The van der Waals surface area contributed by atoms with Crippen LogP contribution >= 0.6 is 0 Å². The summed E-state index contributed by atoms with van der Waals surface area (Å²) in [6, 6.07) is 11.5. The summed E-state index contributed by atoms with van der Waals surface area (Å²) in [5.41, 5.74) is 4.87. The SMILES string of the molecule is Cc1cccc(S(=O)(=O)NS(=O)(=O)c2ccccc2-n2c(N)c3c(cc2=O)C(=O)NC3=O)c1. The van der Waals surface area contributed by atoms with Gasteiger partial charge in [0.15, 0.2) is 0 Å². The molecule has 1 aliphatic heterocycles. The van der Waals surface area contributed by atoms with Gasteiger partial charge in [0, 0.05) is 6.07 Å². The number of rotatable bonds is 5. The summed E-state index contributed by atoms with van der Waals surface area (Å²) in [6.07, 6.45) is 0. The van der Waals surface area contributed by atoms with Crippen LogP contribution in [0.25, 0.3) is 5.69 Å². The molecule has 0 bridgehead atoms. The number of amides is 2. The van der Waals surface area contributed by atoms with Gasteiger partial charge >= 0.3 is 0 Å². The number of hydrogen-bond donors (Lipinski definition) is 3. The van der Waals surface area contributed by atoms with Gasteiger partial charge in [-0.05, 0) is 36.8 Å². The zero-order chi connectivity index (χ0) is 24.1. The van der Waals surface area contributed by atoms with Crippen molar-refractivity contribution in [3.63, 3.8) is 0 Å². The first-order valence-electron chi connectivity index (χ1n) is 9.28. The average molecular weight is 489 g/mol. The molecule has 0 saturated heterocycles. The molecule has 3 aromatic rings. The summed E-state index contributed by atoms with van der Waals surface area (Å²) >= 11 is 0. The highest BCUT2D eigenvalue weighted by Crippen LogP contribution is 2.27. The number of pyridine rings is 1. The summed E-state index contributed by atoms with van der Waals surface area (Å²) in [5, 5.41) is 2.01. The van der Waals surface area contributed by atoms with E-state index in [-0.39, 0.29) is 21.7 Å². The van der Waals surface area contributed by atoms with Crippen molar-refractivity contribution in [2.75, 3.05) is 5.73 Å². The maximum absolute atomic E-state index is 13.1. The number of aromatic nitrogens is 1. The number of nitrogens with zero attached hydrogens (tertiary/aromatic N) is 1. The number of para-hydroxylation sites is 1. The van der Waals surface area contributed by atoms with Crippen LogP contribution in [0.3, 0.4) is 0 Å². The number of carbonyl (C=O) groups is 2. The van der Waals surface area contributed by atoms with E-state index < -0.39 is 48.1 Å². The number of nitrogen functional groups attached to an aromatic ring is 1. The number of nitrogens with one attached hydrogen (secondary N) is 2. The van der Waals surface area contributed by atoms with Gasteiger partial charge in [0.25, 0.3) is 37.4 Å². The third-order valence-corrected chi connectivity index (χ3v) is 8.42. The zero-order valence-electron chi connectivity index (χ0n) is 16.9. The molecule has 2 aromatic carbocycles. The number of imide groups is 1. The van der Waals surface area contributed by atoms with Crippen LogP contribution in [0.2, 0.25) is 0 Å². The summed E-state index contributed by atoms with van der Waals surface area (Å²) < 4.78 is 54.0. The fourth-order valence-corrected chi connectivity index (χ4v) is 6.61. The lowest BCUT2D eigenvalue weighted by Gasteiger charge is -2.16. The molecule has 0 saturated carbocycles. The first-order chi connectivity index (χ1) is 15.4. The van der Waals surface area contributed by atoms with Crippen molar-refractivity contribution in [2.24, 2.45) is 0 Å². The average Bonchev–Trinajstić information content (AvgIpc) is 3.01. The van der Waals surface area contributed by atoms with E-state index in [1.54, 1.807) is 17.1 Å². The Hall–Kier alpha value is -3.81. The maximum atomic E-state index is 13.1. The Bertz CT molecular complexity index is 1620. The molecule has 2 amide bonds. The van der Waals surface area contributed by atoms with E-state index in [4.69, 9.17) is 5.73 Å². The monoisotopic (exact) mass is 488 g/mol. The predicted octanol–water partition coefficient (Wildman–Crippen LogP) is 0.279. The van der Waals surface area contributed by atoms with E-state index in [1.165, 1.54) is 36.4 Å². The number of aryl methyl sites for hydroxylation is 1. The van der Waals surface area contributed by atoms with Gasteiger partial charge in [-0.15, -0.1) is 4.13 Å². The van der Waals surface area contributed by atoms with Gasteiger partial charge in [0.1, 0.15) is 10.7 Å². The molecule has 2 heterocycles. The largest absolute Gasteiger partial charge is 0.384 e. The molecule has 0 aliphatic carbocycles. The lowest BCUT2D eigenvalue weighted by molar-refractivity contribution is 0.0880. The molecular formula is C20H16N4O7S2. The van der Waals surface area contributed by atoms with Crippen molar-refractivity contribution in [3.05, 3.63) is 81.6 Å².